The molecule has 0 spiro atoms. The number of likely N-dealkylation sites (tertiary alicyclic amines) is 1. The maximum atomic E-state index is 12.1. The van der Waals surface area contributed by atoms with Crippen molar-refractivity contribution in [3.8, 4) is 5.75 Å². The van der Waals surface area contributed by atoms with Crippen LogP contribution in [0, 0.1) is 5.92 Å². The number of rotatable bonds is 5. The van der Waals surface area contributed by atoms with Crippen LogP contribution >= 0.6 is 0 Å². The Hall–Kier alpha value is -1.96. The Morgan fingerprint density at radius 1 is 1.33 bits per heavy atom. The van der Waals surface area contributed by atoms with Crippen molar-refractivity contribution in [2.24, 2.45) is 5.92 Å². The molecule has 0 saturated carbocycles. The normalized spacial score (nSPS) is 18.3. The number of halogens is 3. The summed E-state index contributed by atoms with van der Waals surface area (Å²) in [6.45, 7) is 0.213. The monoisotopic (exact) mass is 346 g/mol. The molecule has 24 heavy (non-hydrogen) atoms. The Bertz CT molecular complexity index is 534. The molecular formula is C16H21F3N2O3. The van der Waals surface area contributed by atoms with Crippen LogP contribution in [-0.4, -0.2) is 48.5 Å². The van der Waals surface area contributed by atoms with E-state index in [-0.39, 0.29) is 30.9 Å². The highest BCUT2D eigenvalue weighted by atomic mass is 19.4. The molecule has 2 rings (SSSR count). The lowest BCUT2D eigenvalue weighted by Crippen LogP contribution is -2.45. The summed E-state index contributed by atoms with van der Waals surface area (Å²) in [5.74, 6) is 0.249. The molecule has 1 aromatic rings. The minimum atomic E-state index is -4.37. The summed E-state index contributed by atoms with van der Waals surface area (Å²) in [7, 11) is 0. The van der Waals surface area contributed by atoms with Crippen LogP contribution in [0.2, 0.25) is 0 Å². The number of urea groups is 1. The first-order valence-electron chi connectivity index (χ1n) is 7.79. The van der Waals surface area contributed by atoms with E-state index >= 15 is 0 Å². The lowest BCUT2D eigenvalue weighted by Gasteiger charge is -2.31. The first-order chi connectivity index (χ1) is 11.4. The van der Waals surface area contributed by atoms with Crippen LogP contribution < -0.4 is 10.1 Å². The average Bonchev–Trinajstić information content (AvgIpc) is 2.58. The van der Waals surface area contributed by atoms with Gasteiger partial charge in [-0.15, -0.1) is 0 Å². The standard InChI is InChI=1S/C16H21F3N2O3/c17-16(18,19)11-24-14-5-3-12(4-6-14)8-20-15(23)21-7-1-2-13(9-21)10-22/h3-6,13,22H,1-2,7-11H2,(H,20,23). The lowest BCUT2D eigenvalue weighted by atomic mass is 9.99. The van der Waals surface area contributed by atoms with Crippen LogP contribution in [0.4, 0.5) is 18.0 Å². The predicted octanol–water partition coefficient (Wildman–Crippen LogP) is 2.54. The Balaban J connectivity index is 1.78. The van der Waals surface area contributed by atoms with Gasteiger partial charge >= 0.3 is 12.2 Å². The van der Waals surface area contributed by atoms with E-state index in [0.717, 1.165) is 18.4 Å². The quantitative estimate of drug-likeness (QED) is 0.861. The molecule has 0 aliphatic carbocycles. The third-order valence-corrected chi connectivity index (χ3v) is 3.83. The predicted molar refractivity (Wildman–Crippen MR) is 81.6 cm³/mol. The van der Waals surface area contributed by atoms with Gasteiger partial charge in [0.2, 0.25) is 0 Å². The van der Waals surface area contributed by atoms with Crippen LogP contribution in [0.3, 0.4) is 0 Å². The van der Waals surface area contributed by atoms with E-state index in [9.17, 15) is 23.1 Å². The summed E-state index contributed by atoms with van der Waals surface area (Å²) < 4.78 is 40.8. The van der Waals surface area contributed by atoms with E-state index < -0.39 is 12.8 Å². The fourth-order valence-electron chi connectivity index (χ4n) is 2.56. The van der Waals surface area contributed by atoms with Gasteiger partial charge < -0.3 is 20.1 Å². The molecule has 0 aromatic heterocycles. The first-order valence-corrected chi connectivity index (χ1v) is 7.79. The second kappa shape index (κ2) is 8.23. The fourth-order valence-corrected chi connectivity index (χ4v) is 2.56. The van der Waals surface area contributed by atoms with Gasteiger partial charge in [0.05, 0.1) is 0 Å². The minimum Gasteiger partial charge on any atom is -0.484 e. The molecule has 1 atom stereocenters. The summed E-state index contributed by atoms with van der Waals surface area (Å²) >= 11 is 0. The first kappa shape index (κ1) is 18.4. The van der Waals surface area contributed by atoms with Gasteiger partial charge in [0.15, 0.2) is 6.61 Å². The molecule has 2 amide bonds. The molecule has 1 fully saturated rings. The Kier molecular flexibility index (Phi) is 6.30. The number of hydrogen-bond donors (Lipinski definition) is 2. The molecule has 1 heterocycles. The van der Waals surface area contributed by atoms with E-state index in [1.807, 2.05) is 0 Å². The van der Waals surface area contributed by atoms with Crippen molar-refractivity contribution in [1.82, 2.24) is 10.2 Å². The van der Waals surface area contributed by atoms with Gasteiger partial charge in [-0.1, -0.05) is 12.1 Å². The van der Waals surface area contributed by atoms with Crippen molar-refractivity contribution >= 4 is 6.03 Å². The van der Waals surface area contributed by atoms with E-state index in [4.69, 9.17) is 0 Å². The molecule has 1 aliphatic heterocycles. The van der Waals surface area contributed by atoms with Crippen LogP contribution in [0.15, 0.2) is 24.3 Å². The summed E-state index contributed by atoms with van der Waals surface area (Å²) in [6, 6.07) is 5.90. The summed E-state index contributed by atoms with van der Waals surface area (Å²) in [5.41, 5.74) is 0.762. The third kappa shape index (κ3) is 5.92. The molecule has 1 saturated heterocycles. The molecular weight excluding hydrogens is 325 g/mol. The molecule has 5 nitrogen and oxygen atoms in total. The van der Waals surface area contributed by atoms with Crippen molar-refractivity contribution in [3.63, 3.8) is 0 Å². The number of alkyl halides is 3. The fraction of sp³-hybridized carbons (Fsp3) is 0.562. The average molecular weight is 346 g/mol. The molecule has 1 aliphatic rings. The second-order valence-electron chi connectivity index (χ2n) is 5.84. The van der Waals surface area contributed by atoms with Gasteiger partial charge in [-0.25, -0.2) is 4.79 Å². The number of nitrogens with zero attached hydrogens (tertiary/aromatic N) is 1. The smallest absolute Gasteiger partial charge is 0.422 e. The lowest BCUT2D eigenvalue weighted by molar-refractivity contribution is -0.153. The zero-order valence-corrected chi connectivity index (χ0v) is 13.2. The van der Waals surface area contributed by atoms with Crippen molar-refractivity contribution < 1.29 is 27.8 Å². The number of carbonyl (C=O) groups is 1. The zero-order chi connectivity index (χ0) is 17.6. The van der Waals surface area contributed by atoms with Crippen LogP contribution in [0.5, 0.6) is 5.75 Å². The number of aliphatic hydroxyl groups excluding tert-OH is 1. The molecule has 8 heteroatoms. The van der Waals surface area contributed by atoms with Gasteiger partial charge in [0, 0.05) is 26.2 Å². The van der Waals surface area contributed by atoms with Crippen molar-refractivity contribution in [2.45, 2.75) is 25.6 Å². The summed E-state index contributed by atoms with van der Waals surface area (Å²) in [6.07, 6.45) is -2.59. The number of nitrogens with one attached hydrogen (secondary N) is 1. The highest BCUT2D eigenvalue weighted by molar-refractivity contribution is 5.74. The zero-order valence-electron chi connectivity index (χ0n) is 13.2. The van der Waals surface area contributed by atoms with E-state index in [1.165, 1.54) is 12.1 Å². The maximum absolute atomic E-state index is 12.1. The number of amides is 2. The molecule has 134 valence electrons. The van der Waals surface area contributed by atoms with Crippen molar-refractivity contribution in [3.05, 3.63) is 29.8 Å². The minimum absolute atomic E-state index is 0.0726. The maximum Gasteiger partial charge on any atom is 0.422 e. The number of ether oxygens (including phenoxy) is 1. The van der Waals surface area contributed by atoms with Crippen molar-refractivity contribution in [2.75, 3.05) is 26.3 Å². The largest absolute Gasteiger partial charge is 0.484 e. The Labute approximate surface area is 138 Å². The third-order valence-electron chi connectivity index (χ3n) is 3.83. The van der Waals surface area contributed by atoms with Crippen LogP contribution in [-0.2, 0) is 6.54 Å². The number of aliphatic hydroxyl groups is 1. The Morgan fingerprint density at radius 2 is 2.04 bits per heavy atom. The second-order valence-corrected chi connectivity index (χ2v) is 5.84. The van der Waals surface area contributed by atoms with Crippen molar-refractivity contribution in [1.29, 1.82) is 0 Å². The van der Waals surface area contributed by atoms with Crippen LogP contribution in [0.25, 0.3) is 0 Å². The number of piperidine rings is 1. The van der Waals surface area contributed by atoms with Gasteiger partial charge in [0.25, 0.3) is 0 Å². The molecule has 2 N–H and O–H groups in total. The molecule has 1 unspecified atom stereocenters. The van der Waals surface area contributed by atoms with E-state index in [0.29, 0.717) is 13.1 Å². The molecule has 0 bridgehead atoms. The highest BCUT2D eigenvalue weighted by Gasteiger charge is 2.28. The highest BCUT2D eigenvalue weighted by Crippen LogP contribution is 2.19. The molecule has 1 aromatic carbocycles. The number of benzene rings is 1. The number of carbonyl (C=O) groups excluding carboxylic acids is 1. The van der Waals surface area contributed by atoms with Gasteiger partial charge in [-0.2, -0.15) is 13.2 Å². The van der Waals surface area contributed by atoms with Gasteiger partial charge in [-0.05, 0) is 36.5 Å². The van der Waals surface area contributed by atoms with Gasteiger partial charge in [-0.3, -0.25) is 0 Å². The van der Waals surface area contributed by atoms with Crippen LogP contribution in [0.1, 0.15) is 18.4 Å². The van der Waals surface area contributed by atoms with Gasteiger partial charge in [0.1, 0.15) is 5.75 Å². The topological polar surface area (TPSA) is 61.8 Å². The summed E-state index contributed by atoms with van der Waals surface area (Å²) in [4.78, 5) is 13.8. The van der Waals surface area contributed by atoms with E-state index in [1.54, 1.807) is 17.0 Å². The number of hydrogen-bond acceptors (Lipinski definition) is 3. The molecule has 0 radical (unpaired) electrons. The summed E-state index contributed by atoms with van der Waals surface area (Å²) in [5, 5.41) is 12.0. The Morgan fingerprint density at radius 3 is 2.67 bits per heavy atom. The SMILES string of the molecule is O=C(NCc1ccc(OCC(F)(F)F)cc1)N1CCCC(CO)C1. The van der Waals surface area contributed by atoms with E-state index in [2.05, 4.69) is 10.1 Å².